The van der Waals surface area contributed by atoms with Gasteiger partial charge in [0.15, 0.2) is 5.60 Å². The van der Waals surface area contributed by atoms with Crippen LogP contribution in [-0.2, 0) is 4.74 Å². The first-order valence-corrected chi connectivity index (χ1v) is 5.70. The first kappa shape index (κ1) is 18.6. The van der Waals surface area contributed by atoms with Crippen molar-refractivity contribution in [2.45, 2.75) is 30.0 Å². The van der Waals surface area contributed by atoms with E-state index in [1.807, 2.05) is 0 Å². The quantitative estimate of drug-likeness (QED) is 0.196. The van der Waals surface area contributed by atoms with Crippen molar-refractivity contribution in [1.82, 2.24) is 0 Å². The minimum atomic E-state index is -2.30. The van der Waals surface area contributed by atoms with Gasteiger partial charge in [-0.25, -0.2) is 0 Å². The molecule has 0 aromatic heterocycles. The average Bonchev–Trinajstić information content (AvgIpc) is 2.45. The SMILES string of the molecule is OCC(O)COC(C(O)CO)(C(O)CO)C(O)CO. The molecule has 9 heteroatoms. The fraction of sp³-hybridized carbons (Fsp3) is 1.00. The molecule has 0 amide bonds. The largest absolute Gasteiger partial charge is 0.394 e. The van der Waals surface area contributed by atoms with Crippen LogP contribution in [0.1, 0.15) is 0 Å². The number of aliphatic hydroxyl groups excluding tert-OH is 8. The Morgan fingerprint density at radius 1 is 0.684 bits per heavy atom. The van der Waals surface area contributed by atoms with Crippen LogP contribution in [-0.4, -0.2) is 104 Å². The van der Waals surface area contributed by atoms with E-state index >= 15 is 0 Å². The maximum Gasteiger partial charge on any atom is 0.152 e. The Kier molecular flexibility index (Phi) is 8.57. The lowest BCUT2D eigenvalue weighted by atomic mass is 9.84. The summed E-state index contributed by atoms with van der Waals surface area (Å²) in [5, 5.41) is 73.8. The van der Waals surface area contributed by atoms with Gasteiger partial charge in [0.1, 0.15) is 24.4 Å². The van der Waals surface area contributed by atoms with Crippen LogP contribution in [0.3, 0.4) is 0 Å². The lowest BCUT2D eigenvalue weighted by molar-refractivity contribution is -0.254. The molecule has 9 nitrogen and oxygen atoms in total. The standard InChI is InChI=1S/C10H22O9/c11-1-6(15)5-19-10(7(16)2-12,8(17)3-13)9(18)4-14/h6-9,11-18H,1-5H2. The maximum absolute atomic E-state index is 9.70. The third-order valence-corrected chi connectivity index (χ3v) is 2.82. The highest BCUT2D eigenvalue weighted by atomic mass is 16.6. The van der Waals surface area contributed by atoms with E-state index in [0.29, 0.717) is 0 Å². The highest BCUT2D eigenvalue weighted by molar-refractivity contribution is 5.00. The Balaban J connectivity index is 5.24. The molecule has 4 atom stereocenters. The van der Waals surface area contributed by atoms with Crippen molar-refractivity contribution in [2.75, 3.05) is 33.0 Å². The van der Waals surface area contributed by atoms with Crippen LogP contribution < -0.4 is 0 Å². The minimum absolute atomic E-state index is 0.596. The van der Waals surface area contributed by atoms with Crippen molar-refractivity contribution in [2.24, 2.45) is 0 Å². The van der Waals surface area contributed by atoms with Gasteiger partial charge in [-0.15, -0.1) is 0 Å². The van der Waals surface area contributed by atoms with Crippen LogP contribution in [0, 0.1) is 0 Å². The summed E-state index contributed by atoms with van der Waals surface area (Å²) in [5.41, 5.74) is -2.30. The number of hydrogen-bond acceptors (Lipinski definition) is 9. The molecular formula is C10H22O9. The molecule has 0 saturated heterocycles. The van der Waals surface area contributed by atoms with E-state index in [2.05, 4.69) is 0 Å². The summed E-state index contributed by atoms with van der Waals surface area (Å²) in [6.45, 7) is -4.05. The zero-order valence-corrected chi connectivity index (χ0v) is 10.3. The molecule has 0 spiro atoms. The van der Waals surface area contributed by atoms with Crippen LogP contribution in [0.5, 0.6) is 0 Å². The van der Waals surface area contributed by atoms with Crippen molar-refractivity contribution >= 4 is 0 Å². The fourth-order valence-corrected chi connectivity index (χ4v) is 1.68. The summed E-state index contributed by atoms with van der Waals surface area (Å²) in [7, 11) is 0. The average molecular weight is 286 g/mol. The number of rotatable bonds is 10. The smallest absolute Gasteiger partial charge is 0.152 e. The van der Waals surface area contributed by atoms with E-state index in [1.54, 1.807) is 0 Å². The van der Waals surface area contributed by atoms with Crippen molar-refractivity contribution in [1.29, 1.82) is 0 Å². The molecule has 0 rings (SSSR count). The highest BCUT2D eigenvalue weighted by Gasteiger charge is 2.51. The van der Waals surface area contributed by atoms with Gasteiger partial charge in [-0.2, -0.15) is 0 Å². The van der Waals surface area contributed by atoms with Crippen LogP contribution in [0.15, 0.2) is 0 Å². The fourth-order valence-electron chi connectivity index (χ4n) is 1.68. The summed E-state index contributed by atoms with van der Waals surface area (Å²) in [6, 6.07) is 0. The molecule has 0 bridgehead atoms. The Morgan fingerprint density at radius 3 is 1.32 bits per heavy atom. The second-order valence-corrected chi connectivity index (χ2v) is 4.10. The van der Waals surface area contributed by atoms with Crippen molar-refractivity contribution in [3.05, 3.63) is 0 Å². The van der Waals surface area contributed by atoms with Crippen molar-refractivity contribution in [3.8, 4) is 0 Å². The molecule has 19 heavy (non-hydrogen) atoms. The zero-order valence-electron chi connectivity index (χ0n) is 10.3. The Bertz CT molecular complexity index is 211. The highest BCUT2D eigenvalue weighted by Crippen LogP contribution is 2.26. The van der Waals surface area contributed by atoms with Crippen LogP contribution >= 0.6 is 0 Å². The monoisotopic (exact) mass is 286 g/mol. The second kappa shape index (κ2) is 8.74. The zero-order chi connectivity index (χ0) is 15.1. The van der Waals surface area contributed by atoms with E-state index in [1.165, 1.54) is 0 Å². The third-order valence-electron chi connectivity index (χ3n) is 2.82. The van der Waals surface area contributed by atoms with Gasteiger partial charge in [0.05, 0.1) is 33.0 Å². The summed E-state index contributed by atoms with van der Waals surface area (Å²) in [4.78, 5) is 0. The molecule has 0 saturated carbocycles. The molecule has 0 aliphatic carbocycles. The number of ether oxygens (including phenoxy) is 1. The predicted octanol–water partition coefficient (Wildman–Crippen LogP) is -4.85. The Morgan fingerprint density at radius 2 is 1.05 bits per heavy atom. The molecule has 0 heterocycles. The van der Waals surface area contributed by atoms with Gasteiger partial charge >= 0.3 is 0 Å². The lowest BCUT2D eigenvalue weighted by Crippen LogP contribution is -2.65. The van der Waals surface area contributed by atoms with Crippen LogP contribution in [0.25, 0.3) is 0 Å². The molecule has 0 aromatic carbocycles. The van der Waals surface area contributed by atoms with Gasteiger partial charge in [0.2, 0.25) is 0 Å². The maximum atomic E-state index is 9.70. The van der Waals surface area contributed by atoms with Crippen LogP contribution in [0.4, 0.5) is 0 Å². The molecule has 0 fully saturated rings. The van der Waals surface area contributed by atoms with E-state index in [0.717, 1.165) is 0 Å². The van der Waals surface area contributed by atoms with Gasteiger partial charge in [0.25, 0.3) is 0 Å². The number of hydrogen-bond donors (Lipinski definition) is 8. The third kappa shape index (κ3) is 4.31. The van der Waals surface area contributed by atoms with Gasteiger partial charge in [0, 0.05) is 0 Å². The van der Waals surface area contributed by atoms with E-state index < -0.39 is 63.1 Å². The van der Waals surface area contributed by atoms with Crippen molar-refractivity contribution in [3.63, 3.8) is 0 Å². The van der Waals surface area contributed by atoms with E-state index in [-0.39, 0.29) is 0 Å². The summed E-state index contributed by atoms with van der Waals surface area (Å²) in [6.07, 6.45) is -6.85. The molecular weight excluding hydrogens is 264 g/mol. The molecule has 4 unspecified atom stereocenters. The topological polar surface area (TPSA) is 171 Å². The van der Waals surface area contributed by atoms with Gasteiger partial charge in [-0.3, -0.25) is 0 Å². The Hall–Kier alpha value is -0.360. The minimum Gasteiger partial charge on any atom is -0.394 e. The van der Waals surface area contributed by atoms with Gasteiger partial charge < -0.3 is 45.6 Å². The first-order chi connectivity index (χ1) is 8.90. The second-order valence-electron chi connectivity index (χ2n) is 4.10. The molecule has 0 aromatic rings. The molecule has 116 valence electrons. The summed E-state index contributed by atoms with van der Waals surface area (Å²) < 4.78 is 5.00. The number of aliphatic hydroxyl groups is 8. The molecule has 8 N–H and O–H groups in total. The Labute approximate surface area is 109 Å². The van der Waals surface area contributed by atoms with Gasteiger partial charge in [-0.05, 0) is 0 Å². The lowest BCUT2D eigenvalue weighted by Gasteiger charge is -2.43. The summed E-state index contributed by atoms with van der Waals surface area (Å²) >= 11 is 0. The summed E-state index contributed by atoms with van der Waals surface area (Å²) in [5.74, 6) is 0. The van der Waals surface area contributed by atoms with Crippen molar-refractivity contribution < 1.29 is 45.6 Å². The molecule has 0 radical (unpaired) electrons. The molecule has 0 aliphatic heterocycles. The van der Waals surface area contributed by atoms with E-state index in [9.17, 15) is 20.4 Å². The predicted molar refractivity (Wildman–Crippen MR) is 61.1 cm³/mol. The first-order valence-electron chi connectivity index (χ1n) is 5.70. The normalized spacial score (nSPS) is 21.5. The van der Waals surface area contributed by atoms with E-state index in [4.69, 9.17) is 25.2 Å². The molecule has 0 aliphatic rings. The van der Waals surface area contributed by atoms with Gasteiger partial charge in [-0.1, -0.05) is 0 Å². The van der Waals surface area contributed by atoms with Crippen LogP contribution in [0.2, 0.25) is 0 Å².